The number of hydrogen-bond acceptors (Lipinski definition) is 3. The molecular weight excluding hydrogens is 244 g/mol. The fourth-order valence-corrected chi connectivity index (χ4v) is 3.45. The van der Waals surface area contributed by atoms with Crippen LogP contribution in [0.25, 0.3) is 0 Å². The molecule has 1 aliphatic carbocycles. The average Bonchev–Trinajstić information content (AvgIpc) is 2.80. The van der Waals surface area contributed by atoms with Crippen LogP contribution >= 0.6 is 11.3 Å². The summed E-state index contributed by atoms with van der Waals surface area (Å²) >= 11 is 1.70. The molecule has 1 aliphatic rings. The highest BCUT2D eigenvalue weighted by molar-refractivity contribution is 7.10. The Morgan fingerprint density at radius 2 is 2.11 bits per heavy atom. The van der Waals surface area contributed by atoms with E-state index in [1.807, 2.05) is 11.4 Å². The molecule has 1 saturated carbocycles. The molecule has 1 heterocycles. The molecule has 0 aliphatic heterocycles. The van der Waals surface area contributed by atoms with E-state index in [9.17, 15) is 9.90 Å². The molecule has 1 aromatic carbocycles. The van der Waals surface area contributed by atoms with E-state index in [2.05, 4.69) is 13.0 Å². The van der Waals surface area contributed by atoms with Crippen LogP contribution in [-0.4, -0.2) is 10.9 Å². The van der Waals surface area contributed by atoms with Crippen molar-refractivity contribution < 1.29 is 9.90 Å². The van der Waals surface area contributed by atoms with E-state index >= 15 is 0 Å². The number of phenolic OH excluding ortho intramolecular Hbond substituents is 1. The van der Waals surface area contributed by atoms with Crippen molar-refractivity contribution in [1.29, 1.82) is 0 Å². The Bertz CT molecular complexity index is 588. The van der Waals surface area contributed by atoms with Crippen LogP contribution in [0.3, 0.4) is 0 Å². The third kappa shape index (κ3) is 1.66. The number of para-hydroxylation sites is 1. The monoisotopic (exact) mass is 258 g/mol. The zero-order chi connectivity index (χ0) is 12.8. The van der Waals surface area contributed by atoms with Crippen molar-refractivity contribution in [2.45, 2.75) is 18.8 Å². The van der Waals surface area contributed by atoms with Crippen molar-refractivity contribution in [3.8, 4) is 5.75 Å². The number of rotatable bonds is 3. The minimum atomic E-state index is -0.0342. The molecule has 0 bridgehead atoms. The third-order valence-electron chi connectivity index (χ3n) is 3.81. The van der Waals surface area contributed by atoms with E-state index in [-0.39, 0.29) is 22.9 Å². The lowest BCUT2D eigenvalue weighted by Gasteiger charge is -2.08. The second kappa shape index (κ2) is 3.95. The molecule has 1 N–H and O–H groups in total. The quantitative estimate of drug-likeness (QED) is 0.854. The Balaban J connectivity index is 1.87. The molecule has 2 nitrogen and oxygen atoms in total. The lowest BCUT2D eigenvalue weighted by molar-refractivity contribution is 0.0956. The van der Waals surface area contributed by atoms with Gasteiger partial charge in [0.05, 0.1) is 5.56 Å². The Kier molecular flexibility index (Phi) is 2.52. The third-order valence-corrected chi connectivity index (χ3v) is 4.96. The summed E-state index contributed by atoms with van der Waals surface area (Å²) in [6, 6.07) is 10.9. The molecule has 92 valence electrons. The van der Waals surface area contributed by atoms with Crippen LogP contribution < -0.4 is 0 Å². The Hall–Kier alpha value is -1.61. The normalized spacial score (nSPS) is 25.9. The molecule has 0 spiro atoms. The molecule has 18 heavy (non-hydrogen) atoms. The number of aromatic hydroxyl groups is 1. The van der Waals surface area contributed by atoms with Crippen molar-refractivity contribution in [3.05, 3.63) is 52.2 Å². The molecule has 2 aromatic rings. The van der Waals surface area contributed by atoms with Crippen LogP contribution in [0.4, 0.5) is 0 Å². The Morgan fingerprint density at radius 1 is 1.33 bits per heavy atom. The lowest BCUT2D eigenvalue weighted by Crippen LogP contribution is -2.11. The number of thiophene rings is 1. The van der Waals surface area contributed by atoms with E-state index < -0.39 is 0 Å². The maximum atomic E-state index is 12.4. The van der Waals surface area contributed by atoms with Crippen LogP contribution in [0, 0.1) is 5.92 Å². The van der Waals surface area contributed by atoms with Gasteiger partial charge < -0.3 is 5.11 Å². The van der Waals surface area contributed by atoms with Crippen molar-refractivity contribution in [2.75, 3.05) is 0 Å². The van der Waals surface area contributed by atoms with Crippen LogP contribution in [0.5, 0.6) is 5.75 Å². The molecular formula is C15H14O2S. The number of hydrogen-bond donors (Lipinski definition) is 1. The molecule has 2 atom stereocenters. The number of phenols is 1. The molecule has 1 fully saturated rings. The van der Waals surface area contributed by atoms with Crippen molar-refractivity contribution in [2.24, 2.45) is 5.92 Å². The van der Waals surface area contributed by atoms with E-state index in [1.54, 1.807) is 35.6 Å². The van der Waals surface area contributed by atoms with E-state index in [0.29, 0.717) is 5.56 Å². The standard InChI is InChI=1S/C15H14O2S/c1-15(13-7-4-8-18-13)9-11(15)14(17)10-5-2-3-6-12(10)16/h2-8,11,16H,9H2,1H3/t11-,15+/m1/s1. The van der Waals surface area contributed by atoms with E-state index in [4.69, 9.17) is 0 Å². The summed E-state index contributed by atoms with van der Waals surface area (Å²) in [5.74, 6) is 0.149. The maximum absolute atomic E-state index is 12.4. The molecule has 0 unspecified atom stereocenters. The molecule has 0 saturated heterocycles. The predicted octanol–water partition coefficient (Wildman–Crippen LogP) is 3.61. The molecule has 0 amide bonds. The summed E-state index contributed by atoms with van der Waals surface area (Å²) in [4.78, 5) is 13.6. The molecule has 0 radical (unpaired) electrons. The van der Waals surface area contributed by atoms with Crippen LogP contribution in [-0.2, 0) is 5.41 Å². The predicted molar refractivity (Wildman–Crippen MR) is 72.2 cm³/mol. The lowest BCUT2D eigenvalue weighted by atomic mass is 9.98. The minimum absolute atomic E-state index is 0.00412. The summed E-state index contributed by atoms with van der Waals surface area (Å²) < 4.78 is 0. The SMILES string of the molecule is C[C@]1(c2cccs2)C[C@@H]1C(=O)c1ccccc1O. The first-order chi connectivity index (χ1) is 8.63. The highest BCUT2D eigenvalue weighted by Gasteiger charge is 2.56. The summed E-state index contributed by atoms with van der Waals surface area (Å²) in [6.07, 6.45) is 0.876. The zero-order valence-electron chi connectivity index (χ0n) is 10.1. The van der Waals surface area contributed by atoms with Crippen LogP contribution in [0.2, 0.25) is 0 Å². The fourth-order valence-electron chi connectivity index (χ4n) is 2.49. The second-order valence-electron chi connectivity index (χ2n) is 5.03. The Labute approximate surface area is 110 Å². The second-order valence-corrected chi connectivity index (χ2v) is 5.98. The van der Waals surface area contributed by atoms with Crippen molar-refractivity contribution in [3.63, 3.8) is 0 Å². The summed E-state index contributed by atoms with van der Waals surface area (Å²) in [5, 5.41) is 11.8. The first kappa shape index (κ1) is 11.5. The van der Waals surface area contributed by atoms with E-state index in [1.165, 1.54) is 4.88 Å². The number of Topliss-reactive ketones (excluding diaryl/α,β-unsaturated/α-hetero) is 1. The highest BCUT2D eigenvalue weighted by Crippen LogP contribution is 2.56. The van der Waals surface area contributed by atoms with Gasteiger partial charge in [-0.05, 0) is 30.0 Å². The summed E-state index contributed by atoms with van der Waals surface area (Å²) in [7, 11) is 0. The number of benzene rings is 1. The number of carbonyl (C=O) groups is 1. The maximum Gasteiger partial charge on any atom is 0.170 e. The summed E-state index contributed by atoms with van der Waals surface area (Å²) in [5.41, 5.74) is 0.413. The van der Waals surface area contributed by atoms with Gasteiger partial charge in [-0.1, -0.05) is 25.1 Å². The fraction of sp³-hybridized carbons (Fsp3) is 0.267. The van der Waals surface area contributed by atoms with E-state index in [0.717, 1.165) is 6.42 Å². The van der Waals surface area contributed by atoms with Gasteiger partial charge in [-0.3, -0.25) is 4.79 Å². The first-order valence-electron chi connectivity index (χ1n) is 5.99. The van der Waals surface area contributed by atoms with Gasteiger partial charge in [-0.15, -0.1) is 11.3 Å². The zero-order valence-corrected chi connectivity index (χ0v) is 10.9. The average molecular weight is 258 g/mol. The van der Waals surface area contributed by atoms with Gasteiger partial charge in [0.15, 0.2) is 5.78 Å². The smallest absolute Gasteiger partial charge is 0.170 e. The van der Waals surface area contributed by atoms with Crippen LogP contribution in [0.15, 0.2) is 41.8 Å². The molecule has 3 rings (SSSR count). The van der Waals surface area contributed by atoms with Gasteiger partial charge in [0.25, 0.3) is 0 Å². The van der Waals surface area contributed by atoms with Gasteiger partial charge in [0.1, 0.15) is 5.75 Å². The largest absolute Gasteiger partial charge is 0.507 e. The summed E-state index contributed by atoms with van der Waals surface area (Å²) in [6.45, 7) is 2.13. The Morgan fingerprint density at radius 3 is 2.78 bits per heavy atom. The molecule has 1 aromatic heterocycles. The molecule has 3 heteroatoms. The highest BCUT2D eigenvalue weighted by atomic mass is 32.1. The van der Waals surface area contributed by atoms with Crippen molar-refractivity contribution >= 4 is 17.1 Å². The minimum Gasteiger partial charge on any atom is -0.507 e. The van der Waals surface area contributed by atoms with Crippen LogP contribution in [0.1, 0.15) is 28.6 Å². The number of carbonyl (C=O) groups excluding carboxylic acids is 1. The van der Waals surface area contributed by atoms with Gasteiger partial charge in [0.2, 0.25) is 0 Å². The topological polar surface area (TPSA) is 37.3 Å². The van der Waals surface area contributed by atoms with Crippen molar-refractivity contribution in [1.82, 2.24) is 0 Å². The van der Waals surface area contributed by atoms with Gasteiger partial charge in [-0.25, -0.2) is 0 Å². The van der Waals surface area contributed by atoms with Gasteiger partial charge >= 0.3 is 0 Å². The first-order valence-corrected chi connectivity index (χ1v) is 6.87. The van der Waals surface area contributed by atoms with Gasteiger partial charge in [-0.2, -0.15) is 0 Å². The van der Waals surface area contributed by atoms with Gasteiger partial charge in [0, 0.05) is 16.2 Å². The number of ketones is 1.